The summed E-state index contributed by atoms with van der Waals surface area (Å²) >= 11 is 0. The highest BCUT2D eigenvalue weighted by Gasteiger charge is 2.23. The van der Waals surface area contributed by atoms with E-state index in [1.165, 1.54) is 19.4 Å². The van der Waals surface area contributed by atoms with Crippen molar-refractivity contribution in [2.75, 3.05) is 7.11 Å². The molecule has 0 unspecified atom stereocenters. The Bertz CT molecular complexity index is 1140. The van der Waals surface area contributed by atoms with Crippen LogP contribution in [0.15, 0.2) is 70.2 Å². The molecule has 1 amide bonds. The van der Waals surface area contributed by atoms with Crippen molar-refractivity contribution in [3.05, 3.63) is 78.0 Å². The topological polar surface area (TPSA) is 86.0 Å². The van der Waals surface area contributed by atoms with E-state index < -0.39 is 15.9 Å². The van der Waals surface area contributed by atoms with E-state index in [0.29, 0.717) is 5.56 Å². The van der Waals surface area contributed by atoms with E-state index in [2.05, 4.69) is 0 Å². The van der Waals surface area contributed by atoms with Crippen LogP contribution in [0.3, 0.4) is 0 Å². The van der Waals surface area contributed by atoms with Crippen LogP contribution in [-0.4, -0.2) is 32.4 Å². The van der Waals surface area contributed by atoms with Gasteiger partial charge in [0.15, 0.2) is 17.3 Å². The molecule has 1 aromatic heterocycles. The maximum Gasteiger partial charge on any atom is 0.339 e. The van der Waals surface area contributed by atoms with E-state index in [4.69, 9.17) is 13.3 Å². The number of ether oxygens (including phenoxy) is 1. The molecule has 0 aliphatic rings. The summed E-state index contributed by atoms with van der Waals surface area (Å²) in [5.41, 5.74) is 0.624. The van der Waals surface area contributed by atoms with Crippen LogP contribution in [0.2, 0.25) is 0 Å². The van der Waals surface area contributed by atoms with E-state index in [1.54, 1.807) is 29.2 Å². The van der Waals surface area contributed by atoms with Crippen LogP contribution in [-0.2, 0) is 16.7 Å². The smallest absolute Gasteiger partial charge is 0.339 e. The second kappa shape index (κ2) is 9.22. The van der Waals surface area contributed by atoms with E-state index in [0.717, 1.165) is 24.3 Å². The normalized spacial score (nSPS) is 11.4. The van der Waals surface area contributed by atoms with E-state index >= 15 is 0 Å². The molecule has 164 valence electrons. The average Bonchev–Trinajstić information content (AvgIpc) is 3.26. The van der Waals surface area contributed by atoms with Gasteiger partial charge in [0, 0.05) is 12.6 Å². The first kappa shape index (κ1) is 22.4. The van der Waals surface area contributed by atoms with Gasteiger partial charge in [-0.1, -0.05) is 6.07 Å². The first-order valence-corrected chi connectivity index (χ1v) is 10.8. The van der Waals surface area contributed by atoms with Gasteiger partial charge in [-0.3, -0.25) is 4.79 Å². The van der Waals surface area contributed by atoms with Crippen molar-refractivity contribution >= 4 is 16.0 Å². The zero-order chi connectivity index (χ0) is 22.6. The first-order chi connectivity index (χ1) is 14.7. The first-order valence-electron chi connectivity index (χ1n) is 9.42. The molecule has 3 aromatic rings. The molecule has 0 spiro atoms. The molecule has 1 heterocycles. The predicted molar refractivity (Wildman–Crippen MR) is 111 cm³/mol. The molecule has 31 heavy (non-hydrogen) atoms. The van der Waals surface area contributed by atoms with E-state index in [9.17, 15) is 17.6 Å². The van der Waals surface area contributed by atoms with Crippen molar-refractivity contribution in [2.24, 2.45) is 0 Å². The van der Waals surface area contributed by atoms with Gasteiger partial charge in [0.1, 0.15) is 10.7 Å². The number of benzene rings is 2. The molecule has 0 N–H and O–H groups in total. The molecule has 0 saturated heterocycles. The number of hydrogen-bond donors (Lipinski definition) is 0. The summed E-state index contributed by atoms with van der Waals surface area (Å²) in [6.45, 7) is 3.91. The molecule has 3 rings (SSSR count). The van der Waals surface area contributed by atoms with Crippen LogP contribution in [0.25, 0.3) is 0 Å². The summed E-state index contributed by atoms with van der Waals surface area (Å²) in [5, 5.41) is 0. The van der Waals surface area contributed by atoms with Gasteiger partial charge in [0.25, 0.3) is 5.91 Å². The van der Waals surface area contributed by atoms with E-state index in [-0.39, 0.29) is 40.6 Å². The fourth-order valence-corrected chi connectivity index (χ4v) is 3.81. The molecule has 7 nitrogen and oxygen atoms in total. The second-order valence-corrected chi connectivity index (χ2v) is 8.53. The lowest BCUT2D eigenvalue weighted by Gasteiger charge is -2.26. The van der Waals surface area contributed by atoms with Crippen LogP contribution in [0.4, 0.5) is 4.39 Å². The number of furan rings is 1. The van der Waals surface area contributed by atoms with Crippen LogP contribution >= 0.6 is 0 Å². The number of carbonyl (C=O) groups is 1. The highest BCUT2D eigenvalue weighted by molar-refractivity contribution is 7.87. The Balaban J connectivity index is 1.89. The van der Waals surface area contributed by atoms with E-state index in [1.807, 2.05) is 13.8 Å². The number of halogens is 1. The number of rotatable bonds is 8. The maximum atomic E-state index is 13.1. The van der Waals surface area contributed by atoms with Gasteiger partial charge in [-0.15, -0.1) is 0 Å². The lowest BCUT2D eigenvalue weighted by Crippen LogP contribution is -2.36. The molecular formula is C22H22FNO6S. The minimum Gasteiger partial charge on any atom is -0.493 e. The van der Waals surface area contributed by atoms with Crippen molar-refractivity contribution in [1.29, 1.82) is 0 Å². The number of methoxy groups -OCH3 is 1. The Morgan fingerprint density at radius 3 is 2.39 bits per heavy atom. The lowest BCUT2D eigenvalue weighted by atomic mass is 10.1. The van der Waals surface area contributed by atoms with Gasteiger partial charge < -0.3 is 18.2 Å². The molecule has 0 saturated carbocycles. The van der Waals surface area contributed by atoms with Gasteiger partial charge in [0.05, 0.1) is 13.4 Å². The molecule has 2 aromatic carbocycles. The molecule has 0 radical (unpaired) electrons. The average molecular weight is 447 g/mol. The summed E-state index contributed by atoms with van der Waals surface area (Å²) in [7, 11) is -2.84. The Morgan fingerprint density at radius 2 is 1.81 bits per heavy atom. The number of carbonyl (C=O) groups excluding carboxylic acids is 1. The van der Waals surface area contributed by atoms with Gasteiger partial charge in [-0.05, 0) is 67.9 Å². The summed E-state index contributed by atoms with van der Waals surface area (Å²) in [5.74, 6) is -0.496. The predicted octanol–water partition coefficient (Wildman–Crippen LogP) is 4.25. The summed E-state index contributed by atoms with van der Waals surface area (Å²) in [6.07, 6.45) is 1.42. The van der Waals surface area contributed by atoms with Gasteiger partial charge >= 0.3 is 10.1 Å². The second-order valence-electron chi connectivity index (χ2n) is 6.98. The quantitative estimate of drug-likeness (QED) is 0.480. The fraction of sp³-hybridized carbons (Fsp3) is 0.227. The zero-order valence-corrected chi connectivity index (χ0v) is 18.1. The standard InChI is InChI=1S/C22H22FNO6S/c1-15(2)24(22(25)20-5-4-12-29-20)14-16-6-11-19(28-3)21(13-16)30-31(26,27)18-9-7-17(23)8-10-18/h4-13,15H,14H2,1-3H3. The van der Waals surface area contributed by atoms with Gasteiger partial charge in [-0.25, -0.2) is 4.39 Å². The van der Waals surface area contributed by atoms with Crippen molar-refractivity contribution in [2.45, 2.75) is 31.3 Å². The highest BCUT2D eigenvalue weighted by Crippen LogP contribution is 2.31. The fourth-order valence-electron chi connectivity index (χ4n) is 2.88. The number of nitrogens with zero attached hydrogens (tertiary/aromatic N) is 1. The van der Waals surface area contributed by atoms with Crippen molar-refractivity contribution in [3.8, 4) is 11.5 Å². The minimum absolute atomic E-state index is 0.0431. The highest BCUT2D eigenvalue weighted by atomic mass is 32.2. The Morgan fingerprint density at radius 1 is 1.10 bits per heavy atom. The summed E-state index contributed by atoms with van der Waals surface area (Å²) < 4.78 is 54.0. The zero-order valence-electron chi connectivity index (χ0n) is 17.2. The molecule has 0 aliphatic carbocycles. The summed E-state index contributed by atoms with van der Waals surface area (Å²) in [6, 6.07) is 12.1. The monoisotopic (exact) mass is 447 g/mol. The number of hydrogen-bond acceptors (Lipinski definition) is 6. The third kappa shape index (κ3) is 5.24. The molecule has 0 fully saturated rings. The van der Waals surface area contributed by atoms with Crippen molar-refractivity contribution in [3.63, 3.8) is 0 Å². The van der Waals surface area contributed by atoms with Crippen molar-refractivity contribution in [1.82, 2.24) is 4.90 Å². The molecule has 0 atom stereocenters. The Kier molecular flexibility index (Phi) is 6.65. The third-order valence-electron chi connectivity index (χ3n) is 4.50. The van der Waals surface area contributed by atoms with Gasteiger partial charge in [-0.2, -0.15) is 8.42 Å². The Labute approximate surface area is 180 Å². The van der Waals surface area contributed by atoms with Crippen molar-refractivity contribution < 1.29 is 30.9 Å². The molecule has 9 heteroatoms. The van der Waals surface area contributed by atoms with Gasteiger partial charge in [0.2, 0.25) is 0 Å². The van der Waals surface area contributed by atoms with Crippen LogP contribution < -0.4 is 8.92 Å². The van der Waals surface area contributed by atoms with Crippen LogP contribution in [0, 0.1) is 5.82 Å². The van der Waals surface area contributed by atoms with Crippen LogP contribution in [0.5, 0.6) is 11.5 Å². The minimum atomic E-state index is -4.22. The van der Waals surface area contributed by atoms with Crippen LogP contribution in [0.1, 0.15) is 30.0 Å². The molecule has 0 aliphatic heterocycles. The third-order valence-corrected chi connectivity index (χ3v) is 5.75. The summed E-state index contributed by atoms with van der Waals surface area (Å²) in [4.78, 5) is 14.1. The maximum absolute atomic E-state index is 13.1. The molecule has 0 bridgehead atoms. The Hall–Kier alpha value is -3.33. The number of amides is 1. The molecular weight excluding hydrogens is 425 g/mol. The largest absolute Gasteiger partial charge is 0.493 e. The SMILES string of the molecule is COc1ccc(CN(C(=O)c2ccco2)C(C)C)cc1OS(=O)(=O)c1ccc(F)cc1. The lowest BCUT2D eigenvalue weighted by molar-refractivity contribution is 0.0657.